The van der Waals surface area contributed by atoms with Crippen LogP contribution in [-0.4, -0.2) is 0 Å². The van der Waals surface area contributed by atoms with Crippen molar-refractivity contribution < 1.29 is 0 Å². The van der Waals surface area contributed by atoms with E-state index in [1.54, 1.807) is 0 Å². The molecule has 0 radical (unpaired) electrons. The molecule has 0 aromatic heterocycles. The predicted molar refractivity (Wildman–Crippen MR) is 205 cm³/mol. The molecule has 7 aromatic rings. The van der Waals surface area contributed by atoms with Crippen molar-refractivity contribution in [2.24, 2.45) is 5.92 Å². The zero-order valence-electron chi connectivity index (χ0n) is 27.3. The number of rotatable bonds is 5. The first-order valence-corrected chi connectivity index (χ1v) is 17.0. The van der Waals surface area contributed by atoms with Gasteiger partial charge in [0.25, 0.3) is 0 Å². The van der Waals surface area contributed by atoms with Gasteiger partial charge in [-0.25, -0.2) is 0 Å². The van der Waals surface area contributed by atoms with Gasteiger partial charge in [0.1, 0.15) is 0 Å². The summed E-state index contributed by atoms with van der Waals surface area (Å²) in [6.07, 6.45) is 9.36. The highest BCUT2D eigenvalue weighted by Crippen LogP contribution is 2.58. The lowest BCUT2D eigenvalue weighted by Crippen LogP contribution is -2.24. The van der Waals surface area contributed by atoms with E-state index < -0.39 is 0 Å². The summed E-state index contributed by atoms with van der Waals surface area (Å²) in [7, 11) is 0. The zero-order valence-corrected chi connectivity index (χ0v) is 27.3. The Morgan fingerprint density at radius 2 is 1.15 bits per heavy atom. The Hall–Kier alpha value is -5.66. The maximum Gasteiger partial charge on any atom is 0.0540 e. The largest absolute Gasteiger partial charge is 0.310 e. The van der Waals surface area contributed by atoms with Crippen molar-refractivity contribution in [3.63, 3.8) is 0 Å². The van der Waals surface area contributed by atoms with Gasteiger partial charge in [0.05, 0.1) is 5.69 Å². The van der Waals surface area contributed by atoms with Crippen LogP contribution in [0.4, 0.5) is 17.1 Å². The van der Waals surface area contributed by atoms with Crippen molar-refractivity contribution in [1.82, 2.24) is 0 Å². The average molecular weight is 616 g/mol. The van der Waals surface area contributed by atoms with Gasteiger partial charge in [0.15, 0.2) is 0 Å². The molecule has 230 valence electrons. The van der Waals surface area contributed by atoms with Gasteiger partial charge in [-0.1, -0.05) is 153 Å². The maximum atomic E-state index is 2.46. The monoisotopic (exact) mass is 615 g/mol. The van der Waals surface area contributed by atoms with Gasteiger partial charge in [-0.05, 0) is 97.3 Å². The van der Waals surface area contributed by atoms with Gasteiger partial charge in [-0.15, -0.1) is 0 Å². The van der Waals surface area contributed by atoms with Crippen LogP contribution in [0.2, 0.25) is 0 Å². The minimum absolute atomic E-state index is 0.0144. The fourth-order valence-electron chi connectivity index (χ4n) is 8.54. The highest BCUT2D eigenvalue weighted by Gasteiger charge is 2.46. The smallest absolute Gasteiger partial charge is 0.0540 e. The Labute approximate surface area is 283 Å². The lowest BCUT2D eigenvalue weighted by Gasteiger charge is -2.29. The van der Waals surface area contributed by atoms with E-state index in [1.165, 1.54) is 60.6 Å². The molecule has 0 aliphatic heterocycles. The molecule has 2 unspecified atom stereocenters. The Morgan fingerprint density at radius 1 is 0.500 bits per heavy atom. The number of anilines is 3. The van der Waals surface area contributed by atoms with Crippen LogP contribution in [0.15, 0.2) is 176 Å². The number of para-hydroxylation sites is 1. The summed E-state index contributed by atoms with van der Waals surface area (Å²) in [6, 6.07) is 55.5. The molecule has 48 heavy (non-hydrogen) atoms. The van der Waals surface area contributed by atoms with Gasteiger partial charge in [0.2, 0.25) is 0 Å². The quantitative estimate of drug-likeness (QED) is 0.186. The number of nitrogens with zero attached hydrogens (tertiary/aromatic N) is 1. The number of fused-ring (bicyclic) bond motifs is 6. The zero-order chi connectivity index (χ0) is 32.2. The van der Waals surface area contributed by atoms with Gasteiger partial charge < -0.3 is 4.90 Å². The summed E-state index contributed by atoms with van der Waals surface area (Å²) in [4.78, 5) is 2.41. The summed E-state index contributed by atoms with van der Waals surface area (Å²) in [5.74, 6) is 0.776. The second kappa shape index (κ2) is 11.2. The van der Waals surface area contributed by atoms with Gasteiger partial charge in [-0.3, -0.25) is 0 Å². The molecule has 1 nitrogen and oxygen atoms in total. The van der Waals surface area contributed by atoms with E-state index in [4.69, 9.17) is 0 Å². The molecule has 0 amide bonds. The van der Waals surface area contributed by atoms with Crippen molar-refractivity contribution in [2.45, 2.75) is 25.2 Å². The van der Waals surface area contributed by atoms with Gasteiger partial charge >= 0.3 is 0 Å². The van der Waals surface area contributed by atoms with Crippen molar-refractivity contribution in [2.75, 3.05) is 4.90 Å². The topological polar surface area (TPSA) is 3.24 Å². The van der Waals surface area contributed by atoms with E-state index in [2.05, 4.69) is 195 Å². The summed E-state index contributed by atoms with van der Waals surface area (Å²) in [5, 5.41) is 5.19. The second-order valence-electron chi connectivity index (χ2n) is 13.7. The highest BCUT2D eigenvalue weighted by atomic mass is 15.1. The summed E-state index contributed by atoms with van der Waals surface area (Å²) >= 11 is 0. The molecule has 2 aliphatic carbocycles. The fraction of sp³-hybridized carbons (Fsp3) is 0.106. The van der Waals surface area contributed by atoms with Crippen molar-refractivity contribution >= 4 is 38.6 Å². The molecule has 9 rings (SSSR count). The van der Waals surface area contributed by atoms with Crippen molar-refractivity contribution in [1.29, 1.82) is 0 Å². The summed E-state index contributed by atoms with van der Waals surface area (Å²) < 4.78 is 0. The number of allylic oxidation sites excluding steroid dienone is 4. The van der Waals surface area contributed by atoms with Crippen LogP contribution in [0.3, 0.4) is 0 Å². The third-order valence-corrected chi connectivity index (χ3v) is 10.7. The molecule has 0 saturated heterocycles. The predicted octanol–water partition coefficient (Wildman–Crippen LogP) is 12.9. The Balaban J connectivity index is 1.29. The number of hydrogen-bond acceptors (Lipinski definition) is 1. The molecule has 0 bridgehead atoms. The Kier molecular flexibility index (Phi) is 6.69. The van der Waals surface area contributed by atoms with E-state index >= 15 is 0 Å². The van der Waals surface area contributed by atoms with E-state index in [0.717, 1.165) is 11.4 Å². The molecule has 2 aliphatic rings. The van der Waals surface area contributed by atoms with Crippen LogP contribution in [-0.2, 0) is 5.41 Å². The minimum Gasteiger partial charge on any atom is -0.310 e. The third-order valence-electron chi connectivity index (χ3n) is 10.7. The Bertz CT molecular complexity index is 2380. The molecular formula is C47H37N. The highest BCUT2D eigenvalue weighted by molar-refractivity contribution is 6.08. The van der Waals surface area contributed by atoms with E-state index in [-0.39, 0.29) is 5.41 Å². The standard InChI is InChI=1S/C47H37N/c1-47(2)43-27-14-13-26-41(43)45-42(31-34-18-9-10-23-37(34)46(45)47)39-28-29-44(40-25-12-11-24-38(39)40)48(35-20-7-4-8-21-35)36-22-15-19-33(30-36)32-16-5-3-6-17-32/h3-31,41,43H,1-2H3. The summed E-state index contributed by atoms with van der Waals surface area (Å²) in [6.45, 7) is 4.89. The lowest BCUT2D eigenvalue weighted by molar-refractivity contribution is 0.396. The van der Waals surface area contributed by atoms with Crippen LogP contribution in [0.25, 0.3) is 43.8 Å². The normalized spacial score (nSPS) is 17.4. The molecule has 1 heteroatoms. The molecule has 0 spiro atoms. The molecular weight excluding hydrogens is 579 g/mol. The first-order chi connectivity index (χ1) is 23.6. The van der Waals surface area contributed by atoms with Crippen LogP contribution >= 0.6 is 0 Å². The first kappa shape index (κ1) is 28.6. The molecule has 0 saturated carbocycles. The molecule has 0 fully saturated rings. The van der Waals surface area contributed by atoms with Gasteiger partial charge in [-0.2, -0.15) is 0 Å². The molecule has 0 N–H and O–H groups in total. The SMILES string of the molecule is CC1(C)c2c(c(-c3ccc(N(c4ccccc4)c4cccc(-c5ccccc5)c4)c4ccccc34)cc3ccccc23)C2C=CC=CC21. The van der Waals surface area contributed by atoms with Crippen molar-refractivity contribution in [3.8, 4) is 22.3 Å². The fourth-order valence-corrected chi connectivity index (χ4v) is 8.54. The lowest BCUT2D eigenvalue weighted by atomic mass is 9.74. The van der Waals surface area contributed by atoms with Gasteiger partial charge in [0, 0.05) is 22.7 Å². The van der Waals surface area contributed by atoms with Crippen LogP contribution in [0.1, 0.15) is 30.9 Å². The first-order valence-electron chi connectivity index (χ1n) is 17.0. The van der Waals surface area contributed by atoms with E-state index in [1.807, 2.05) is 0 Å². The third kappa shape index (κ3) is 4.46. The van der Waals surface area contributed by atoms with Crippen molar-refractivity contribution in [3.05, 3.63) is 187 Å². The maximum absolute atomic E-state index is 2.46. The number of benzene rings is 7. The molecule has 7 aromatic carbocycles. The van der Waals surface area contributed by atoms with Crippen LogP contribution < -0.4 is 4.90 Å². The molecule has 0 heterocycles. The average Bonchev–Trinajstić information content (AvgIpc) is 3.39. The summed E-state index contributed by atoms with van der Waals surface area (Å²) in [5.41, 5.74) is 11.5. The van der Waals surface area contributed by atoms with Crippen LogP contribution in [0, 0.1) is 5.92 Å². The Morgan fingerprint density at radius 3 is 1.96 bits per heavy atom. The van der Waals surface area contributed by atoms with E-state index in [0.29, 0.717) is 11.8 Å². The second-order valence-corrected chi connectivity index (χ2v) is 13.7. The minimum atomic E-state index is 0.0144. The van der Waals surface area contributed by atoms with Crippen LogP contribution in [0.5, 0.6) is 0 Å². The van der Waals surface area contributed by atoms with E-state index in [9.17, 15) is 0 Å². The molecule has 2 atom stereocenters. The number of hydrogen-bond donors (Lipinski definition) is 0.